The molecule has 1 aliphatic carbocycles. The van der Waals surface area contributed by atoms with Crippen LogP contribution in [0.25, 0.3) is 0 Å². The number of hydrogen-bond donors (Lipinski definition) is 0. The van der Waals surface area contributed by atoms with Crippen LogP contribution in [-0.2, 0) is 0 Å². The Kier molecular flexibility index (Phi) is 2.56. The molecule has 0 N–H and O–H groups in total. The van der Waals surface area contributed by atoms with E-state index in [4.69, 9.17) is 4.42 Å². The summed E-state index contributed by atoms with van der Waals surface area (Å²) in [5.74, 6) is 1.03. The van der Waals surface area contributed by atoms with Gasteiger partial charge in [-0.15, -0.1) is 0 Å². The number of hydrogen-bond acceptors (Lipinski definition) is 2. The average molecular weight is 226 g/mol. The normalized spacial score (nSPS) is 15.5. The number of carbonyl (C=O) groups excluding carboxylic acids is 1. The molecule has 3 rings (SSSR count). The summed E-state index contributed by atoms with van der Waals surface area (Å²) in [5, 5.41) is 0. The lowest BCUT2D eigenvalue weighted by molar-refractivity contribution is 0.101. The molecule has 0 spiro atoms. The first-order valence-corrected chi connectivity index (χ1v) is 6.03. The smallest absolute Gasteiger partial charge is 0.228 e. The molecule has 1 aliphatic rings. The molecule has 2 aromatic rings. The van der Waals surface area contributed by atoms with Gasteiger partial charge in [-0.3, -0.25) is 4.79 Å². The van der Waals surface area contributed by atoms with Gasteiger partial charge in [-0.1, -0.05) is 24.6 Å². The maximum atomic E-state index is 12.1. The van der Waals surface area contributed by atoms with Gasteiger partial charge in [0.1, 0.15) is 0 Å². The third-order valence-corrected chi connectivity index (χ3v) is 3.47. The predicted octanol–water partition coefficient (Wildman–Crippen LogP) is 3.78. The van der Waals surface area contributed by atoms with Gasteiger partial charge in [0, 0.05) is 5.56 Å². The summed E-state index contributed by atoms with van der Waals surface area (Å²) in [5.41, 5.74) is 2.01. The van der Waals surface area contributed by atoms with Gasteiger partial charge < -0.3 is 4.42 Å². The molecule has 0 unspecified atom stereocenters. The molecule has 86 valence electrons. The minimum absolute atomic E-state index is 0.0313. The second kappa shape index (κ2) is 4.21. The van der Waals surface area contributed by atoms with Crippen LogP contribution in [0, 0.1) is 0 Å². The van der Waals surface area contributed by atoms with Crippen molar-refractivity contribution in [2.45, 2.75) is 25.2 Å². The molecule has 1 saturated carbocycles. The summed E-state index contributed by atoms with van der Waals surface area (Å²) < 4.78 is 5.14. The minimum Gasteiger partial charge on any atom is -0.461 e. The van der Waals surface area contributed by atoms with E-state index in [1.165, 1.54) is 31.1 Å². The second-order valence-electron chi connectivity index (χ2n) is 4.56. The lowest BCUT2D eigenvalue weighted by Gasteiger charge is -2.25. The minimum atomic E-state index is -0.0313. The monoisotopic (exact) mass is 226 g/mol. The van der Waals surface area contributed by atoms with Gasteiger partial charge in [0.05, 0.1) is 6.26 Å². The molecule has 1 aromatic carbocycles. The summed E-state index contributed by atoms with van der Waals surface area (Å²) in [6, 6.07) is 11.4. The van der Waals surface area contributed by atoms with Gasteiger partial charge >= 0.3 is 0 Å². The highest BCUT2D eigenvalue weighted by Crippen LogP contribution is 2.36. The number of rotatable bonds is 3. The average Bonchev–Trinajstić information content (AvgIpc) is 2.79. The van der Waals surface area contributed by atoms with E-state index < -0.39 is 0 Å². The Hall–Kier alpha value is -1.83. The van der Waals surface area contributed by atoms with E-state index >= 15 is 0 Å². The van der Waals surface area contributed by atoms with Crippen LogP contribution in [0.4, 0.5) is 0 Å². The van der Waals surface area contributed by atoms with E-state index in [-0.39, 0.29) is 5.78 Å². The van der Waals surface area contributed by atoms with Crippen molar-refractivity contribution in [2.24, 2.45) is 0 Å². The van der Waals surface area contributed by atoms with Crippen molar-refractivity contribution in [1.82, 2.24) is 0 Å². The van der Waals surface area contributed by atoms with Gasteiger partial charge in [0.15, 0.2) is 5.76 Å². The third-order valence-electron chi connectivity index (χ3n) is 3.47. The Morgan fingerprint density at radius 2 is 2.06 bits per heavy atom. The summed E-state index contributed by atoms with van der Waals surface area (Å²) in [7, 11) is 0. The Bertz CT molecular complexity index is 522. The molecule has 2 nitrogen and oxygen atoms in total. The number of carbonyl (C=O) groups is 1. The van der Waals surface area contributed by atoms with Crippen LogP contribution in [0.1, 0.15) is 46.9 Å². The Balaban J connectivity index is 1.90. The third kappa shape index (κ3) is 1.91. The highest BCUT2D eigenvalue weighted by molar-refractivity contribution is 6.07. The van der Waals surface area contributed by atoms with Crippen LogP contribution in [-0.4, -0.2) is 5.78 Å². The van der Waals surface area contributed by atoms with Crippen LogP contribution < -0.4 is 0 Å². The van der Waals surface area contributed by atoms with E-state index in [1.807, 2.05) is 18.2 Å². The standard InChI is InChI=1S/C15H14O2/c16-15(14-8-3-9-17-14)13-7-2-6-12(10-13)11-4-1-5-11/h2-3,6-11H,1,4-5H2. The molecular formula is C15H14O2. The lowest BCUT2D eigenvalue weighted by atomic mass is 9.79. The summed E-state index contributed by atoms with van der Waals surface area (Å²) >= 11 is 0. The van der Waals surface area contributed by atoms with Crippen molar-refractivity contribution >= 4 is 5.78 Å². The number of benzene rings is 1. The second-order valence-corrected chi connectivity index (χ2v) is 4.56. The zero-order chi connectivity index (χ0) is 11.7. The fourth-order valence-electron chi connectivity index (χ4n) is 2.23. The van der Waals surface area contributed by atoms with Gasteiger partial charge in [-0.25, -0.2) is 0 Å². The first kappa shape index (κ1) is 10.3. The largest absolute Gasteiger partial charge is 0.461 e. The fraction of sp³-hybridized carbons (Fsp3) is 0.267. The zero-order valence-corrected chi connectivity index (χ0v) is 9.56. The first-order chi connectivity index (χ1) is 8.34. The lowest BCUT2D eigenvalue weighted by Crippen LogP contribution is -2.10. The van der Waals surface area contributed by atoms with Crippen molar-refractivity contribution in [3.8, 4) is 0 Å². The van der Waals surface area contributed by atoms with Gasteiger partial charge in [-0.2, -0.15) is 0 Å². The van der Waals surface area contributed by atoms with Crippen molar-refractivity contribution < 1.29 is 9.21 Å². The van der Waals surface area contributed by atoms with Gasteiger partial charge in [0.25, 0.3) is 0 Å². The van der Waals surface area contributed by atoms with E-state index in [0.29, 0.717) is 11.7 Å². The molecule has 2 heteroatoms. The number of ketones is 1. The molecule has 0 bridgehead atoms. The predicted molar refractivity (Wildman–Crippen MR) is 65.2 cm³/mol. The summed E-state index contributed by atoms with van der Waals surface area (Å²) in [6.07, 6.45) is 5.33. The van der Waals surface area contributed by atoms with E-state index in [2.05, 4.69) is 6.07 Å². The molecule has 0 aliphatic heterocycles. The molecule has 0 radical (unpaired) electrons. The topological polar surface area (TPSA) is 30.2 Å². The SMILES string of the molecule is O=C(c1cccc(C2CCC2)c1)c1ccco1. The Morgan fingerprint density at radius 3 is 2.71 bits per heavy atom. The van der Waals surface area contributed by atoms with Gasteiger partial charge in [-0.05, 0) is 42.5 Å². The summed E-state index contributed by atoms with van der Waals surface area (Å²) in [4.78, 5) is 12.1. The van der Waals surface area contributed by atoms with E-state index in [0.717, 1.165) is 5.56 Å². The van der Waals surface area contributed by atoms with Crippen LogP contribution in [0.2, 0.25) is 0 Å². The van der Waals surface area contributed by atoms with Crippen LogP contribution in [0.15, 0.2) is 47.1 Å². The Morgan fingerprint density at radius 1 is 1.18 bits per heavy atom. The quantitative estimate of drug-likeness (QED) is 0.745. The van der Waals surface area contributed by atoms with Crippen LogP contribution >= 0.6 is 0 Å². The van der Waals surface area contributed by atoms with Crippen molar-refractivity contribution in [1.29, 1.82) is 0 Å². The highest BCUT2D eigenvalue weighted by atomic mass is 16.3. The molecule has 0 atom stereocenters. The Labute approximate surface area is 100 Å². The molecule has 17 heavy (non-hydrogen) atoms. The van der Waals surface area contributed by atoms with E-state index in [1.54, 1.807) is 12.1 Å². The van der Waals surface area contributed by atoms with Crippen molar-refractivity contribution in [3.63, 3.8) is 0 Å². The van der Waals surface area contributed by atoms with Gasteiger partial charge in [0.2, 0.25) is 5.78 Å². The highest BCUT2D eigenvalue weighted by Gasteiger charge is 2.20. The van der Waals surface area contributed by atoms with Crippen LogP contribution in [0.5, 0.6) is 0 Å². The molecule has 1 fully saturated rings. The fourth-order valence-corrected chi connectivity index (χ4v) is 2.23. The maximum absolute atomic E-state index is 12.1. The molecular weight excluding hydrogens is 212 g/mol. The zero-order valence-electron chi connectivity index (χ0n) is 9.56. The summed E-state index contributed by atoms with van der Waals surface area (Å²) in [6.45, 7) is 0. The first-order valence-electron chi connectivity index (χ1n) is 6.03. The molecule has 0 amide bonds. The maximum Gasteiger partial charge on any atom is 0.228 e. The molecule has 1 aromatic heterocycles. The van der Waals surface area contributed by atoms with Crippen LogP contribution in [0.3, 0.4) is 0 Å². The number of furan rings is 1. The van der Waals surface area contributed by atoms with E-state index in [9.17, 15) is 4.79 Å². The van der Waals surface area contributed by atoms with Crippen molar-refractivity contribution in [2.75, 3.05) is 0 Å². The molecule has 1 heterocycles. The van der Waals surface area contributed by atoms with Crippen molar-refractivity contribution in [3.05, 3.63) is 59.5 Å². The molecule has 0 saturated heterocycles.